The molecule has 0 aromatic carbocycles. The zero-order valence-electron chi connectivity index (χ0n) is 11.3. The third-order valence-electron chi connectivity index (χ3n) is 4.13. The Morgan fingerprint density at radius 3 is 2.78 bits per heavy atom. The first-order valence-corrected chi connectivity index (χ1v) is 7.77. The van der Waals surface area contributed by atoms with Crippen LogP contribution in [-0.4, -0.2) is 40.3 Å². The van der Waals surface area contributed by atoms with E-state index in [0.717, 1.165) is 19.3 Å². The van der Waals surface area contributed by atoms with Crippen LogP contribution in [0.2, 0.25) is 0 Å². The lowest BCUT2D eigenvalue weighted by atomic mass is 9.97. The fourth-order valence-corrected chi connectivity index (χ4v) is 3.78. The molecule has 0 aromatic heterocycles. The molecule has 1 saturated carbocycles. The Morgan fingerprint density at radius 2 is 2.28 bits per heavy atom. The molecule has 104 valence electrons. The molecule has 4 nitrogen and oxygen atoms in total. The van der Waals surface area contributed by atoms with Gasteiger partial charge in [-0.3, -0.25) is 0 Å². The lowest BCUT2D eigenvalue weighted by Gasteiger charge is -2.30. The maximum atomic E-state index is 11.9. The molecule has 2 unspecified atom stereocenters. The van der Waals surface area contributed by atoms with Crippen LogP contribution in [0.25, 0.3) is 0 Å². The number of aliphatic hydroxyl groups excluding tert-OH is 1. The van der Waals surface area contributed by atoms with E-state index in [1.54, 1.807) is 0 Å². The van der Waals surface area contributed by atoms with Crippen LogP contribution in [0.4, 0.5) is 4.79 Å². The first kappa shape index (κ1) is 14.0. The number of urea groups is 1. The van der Waals surface area contributed by atoms with Gasteiger partial charge in [0.1, 0.15) is 0 Å². The van der Waals surface area contributed by atoms with Crippen LogP contribution in [0.5, 0.6) is 0 Å². The summed E-state index contributed by atoms with van der Waals surface area (Å²) in [7, 11) is 0. The molecule has 18 heavy (non-hydrogen) atoms. The molecule has 0 spiro atoms. The average molecular weight is 272 g/mol. The van der Waals surface area contributed by atoms with Crippen LogP contribution < -0.4 is 10.6 Å². The third-order valence-corrected chi connectivity index (χ3v) is 5.67. The zero-order chi connectivity index (χ0) is 13.2. The monoisotopic (exact) mass is 272 g/mol. The van der Waals surface area contributed by atoms with Gasteiger partial charge in [0.05, 0.1) is 12.1 Å². The summed E-state index contributed by atoms with van der Waals surface area (Å²) in [6, 6.07) is -0.146. The van der Waals surface area contributed by atoms with Crippen LogP contribution in [0.1, 0.15) is 39.5 Å². The molecule has 0 aromatic rings. The molecule has 2 fully saturated rings. The Hall–Kier alpha value is -0.420. The van der Waals surface area contributed by atoms with Crippen LogP contribution in [0, 0.1) is 5.92 Å². The molecular weight excluding hydrogens is 248 g/mol. The van der Waals surface area contributed by atoms with E-state index in [-0.39, 0.29) is 17.4 Å². The summed E-state index contributed by atoms with van der Waals surface area (Å²) in [6.45, 7) is 4.85. The highest BCUT2D eigenvalue weighted by molar-refractivity contribution is 8.00. The Balaban J connectivity index is 1.77. The Kier molecular flexibility index (Phi) is 4.11. The summed E-state index contributed by atoms with van der Waals surface area (Å²) in [5.41, 5.74) is -0.451. The molecule has 1 saturated heterocycles. The smallest absolute Gasteiger partial charge is 0.315 e. The van der Waals surface area contributed by atoms with Crippen LogP contribution >= 0.6 is 11.8 Å². The van der Waals surface area contributed by atoms with E-state index in [0.29, 0.717) is 12.5 Å². The van der Waals surface area contributed by atoms with Gasteiger partial charge in [-0.1, -0.05) is 0 Å². The Morgan fingerprint density at radius 1 is 1.56 bits per heavy atom. The van der Waals surface area contributed by atoms with E-state index in [1.165, 1.54) is 12.2 Å². The van der Waals surface area contributed by atoms with Crippen molar-refractivity contribution in [1.82, 2.24) is 10.6 Å². The first-order chi connectivity index (χ1) is 8.47. The predicted molar refractivity (Wildman–Crippen MR) is 74.8 cm³/mol. The van der Waals surface area contributed by atoms with Gasteiger partial charge < -0.3 is 15.7 Å². The topological polar surface area (TPSA) is 61.4 Å². The zero-order valence-corrected chi connectivity index (χ0v) is 12.1. The predicted octanol–water partition coefficient (Wildman–Crippen LogP) is 1.73. The van der Waals surface area contributed by atoms with Gasteiger partial charge in [-0.2, -0.15) is 11.8 Å². The van der Waals surface area contributed by atoms with Crippen molar-refractivity contribution in [3.63, 3.8) is 0 Å². The first-order valence-electron chi connectivity index (χ1n) is 6.78. The summed E-state index contributed by atoms with van der Waals surface area (Å²) < 4.78 is 0.187. The SMILES string of the molecule is CC1(CNC(=O)NC(C)(CO)C2CC2)CCCS1. The van der Waals surface area contributed by atoms with Crippen molar-refractivity contribution in [2.45, 2.75) is 49.8 Å². The van der Waals surface area contributed by atoms with E-state index in [1.807, 2.05) is 18.7 Å². The number of aliphatic hydroxyl groups is 1. The number of carbonyl (C=O) groups excluding carboxylic acids is 1. The second-order valence-electron chi connectivity index (χ2n) is 6.06. The van der Waals surface area contributed by atoms with Gasteiger partial charge in [-0.25, -0.2) is 4.79 Å². The van der Waals surface area contributed by atoms with Crippen molar-refractivity contribution < 1.29 is 9.90 Å². The largest absolute Gasteiger partial charge is 0.394 e. The summed E-state index contributed by atoms with van der Waals surface area (Å²) in [4.78, 5) is 11.9. The van der Waals surface area contributed by atoms with Crippen LogP contribution in [0.15, 0.2) is 0 Å². The third kappa shape index (κ3) is 3.32. The van der Waals surface area contributed by atoms with Crippen LogP contribution in [0.3, 0.4) is 0 Å². The molecule has 2 atom stereocenters. The highest BCUT2D eigenvalue weighted by Crippen LogP contribution is 2.39. The van der Waals surface area contributed by atoms with Gasteiger partial charge in [0.15, 0.2) is 0 Å². The van der Waals surface area contributed by atoms with E-state index < -0.39 is 5.54 Å². The molecule has 0 bridgehead atoms. The van der Waals surface area contributed by atoms with Crippen molar-refractivity contribution in [3.05, 3.63) is 0 Å². The number of amides is 2. The maximum absolute atomic E-state index is 11.9. The molecule has 3 N–H and O–H groups in total. The summed E-state index contributed by atoms with van der Waals surface area (Å²) in [5.74, 6) is 1.63. The summed E-state index contributed by atoms with van der Waals surface area (Å²) in [5, 5.41) is 15.3. The standard InChI is InChI=1S/C13H24N2O2S/c1-12(6-3-7-18-12)8-14-11(17)15-13(2,9-16)10-4-5-10/h10,16H,3-9H2,1-2H3,(H2,14,15,17). The number of hydrogen-bond acceptors (Lipinski definition) is 3. The number of hydrogen-bond donors (Lipinski definition) is 3. The van der Waals surface area contributed by atoms with Crippen LogP contribution in [-0.2, 0) is 0 Å². The minimum absolute atomic E-state index is 0.0110. The van der Waals surface area contributed by atoms with E-state index in [9.17, 15) is 9.90 Å². The van der Waals surface area contributed by atoms with E-state index in [2.05, 4.69) is 17.6 Å². The molecule has 1 aliphatic heterocycles. The lowest BCUT2D eigenvalue weighted by molar-refractivity contribution is 0.155. The van der Waals surface area contributed by atoms with E-state index in [4.69, 9.17) is 0 Å². The molecular formula is C13H24N2O2S. The Labute approximate surface area is 113 Å². The number of rotatable bonds is 5. The van der Waals surface area contributed by atoms with Gasteiger partial charge in [0.2, 0.25) is 0 Å². The fraction of sp³-hybridized carbons (Fsp3) is 0.923. The summed E-state index contributed by atoms with van der Waals surface area (Å²) >= 11 is 1.94. The van der Waals surface area contributed by atoms with Crippen molar-refractivity contribution in [2.75, 3.05) is 18.9 Å². The van der Waals surface area contributed by atoms with Gasteiger partial charge in [0.25, 0.3) is 0 Å². The summed E-state index contributed by atoms with van der Waals surface area (Å²) in [6.07, 6.45) is 4.61. The second-order valence-corrected chi connectivity index (χ2v) is 7.74. The number of thioether (sulfide) groups is 1. The molecule has 1 aliphatic carbocycles. The van der Waals surface area contributed by atoms with Gasteiger partial charge >= 0.3 is 6.03 Å². The number of nitrogens with one attached hydrogen (secondary N) is 2. The second kappa shape index (κ2) is 5.29. The average Bonchev–Trinajstić information content (AvgIpc) is 3.11. The molecule has 2 rings (SSSR count). The van der Waals surface area contributed by atoms with Crippen molar-refractivity contribution in [2.24, 2.45) is 5.92 Å². The van der Waals surface area contributed by atoms with Crippen molar-refractivity contribution in [3.8, 4) is 0 Å². The minimum atomic E-state index is -0.451. The van der Waals surface area contributed by atoms with Gasteiger partial charge in [-0.15, -0.1) is 0 Å². The Bertz CT molecular complexity index is 314. The molecule has 1 heterocycles. The van der Waals surface area contributed by atoms with Gasteiger partial charge in [-0.05, 0) is 51.2 Å². The lowest BCUT2D eigenvalue weighted by Crippen LogP contribution is -2.55. The molecule has 2 aliphatic rings. The minimum Gasteiger partial charge on any atom is -0.394 e. The number of carbonyl (C=O) groups is 1. The highest BCUT2D eigenvalue weighted by Gasteiger charge is 2.42. The van der Waals surface area contributed by atoms with E-state index >= 15 is 0 Å². The normalized spacial score (nSPS) is 30.8. The van der Waals surface area contributed by atoms with Crippen molar-refractivity contribution >= 4 is 17.8 Å². The molecule has 5 heteroatoms. The molecule has 0 radical (unpaired) electrons. The molecule has 2 amide bonds. The maximum Gasteiger partial charge on any atom is 0.315 e. The highest BCUT2D eigenvalue weighted by atomic mass is 32.2. The fourth-order valence-electron chi connectivity index (χ4n) is 2.54. The quantitative estimate of drug-likeness (QED) is 0.714. The van der Waals surface area contributed by atoms with Crippen molar-refractivity contribution in [1.29, 1.82) is 0 Å². The van der Waals surface area contributed by atoms with Gasteiger partial charge in [0, 0.05) is 11.3 Å².